The molecule has 5 rings (SSSR count). The lowest BCUT2D eigenvalue weighted by Gasteiger charge is -2.38. The third-order valence-electron chi connectivity index (χ3n) is 8.24. The standard InChI is InChI=1S/C31H40N2O5/c1-35-28-18-23(19-29(36-2)30(28)37-3)31(34)33(20-24-17-22-12-7-8-14-27(22)38-24)26(25-13-9-15-32-25)16-21-10-5-4-6-11-21/h7-8,12,14,17-19,21,25-26,32H,4-6,9-11,13,15-16,20H2,1-3H3. The molecule has 1 aromatic heterocycles. The average molecular weight is 521 g/mol. The number of furan rings is 1. The van der Waals surface area contributed by atoms with E-state index in [1.54, 1.807) is 33.5 Å². The van der Waals surface area contributed by atoms with Gasteiger partial charge in [-0.25, -0.2) is 0 Å². The quantitative estimate of drug-likeness (QED) is 0.344. The summed E-state index contributed by atoms with van der Waals surface area (Å²) in [6.07, 6.45) is 9.53. The molecule has 1 N–H and O–H groups in total. The van der Waals surface area contributed by atoms with Gasteiger partial charge in [-0.1, -0.05) is 50.3 Å². The van der Waals surface area contributed by atoms with Gasteiger partial charge in [-0.2, -0.15) is 0 Å². The van der Waals surface area contributed by atoms with Crippen LogP contribution in [0.5, 0.6) is 17.2 Å². The van der Waals surface area contributed by atoms with E-state index in [9.17, 15) is 4.79 Å². The van der Waals surface area contributed by atoms with Gasteiger partial charge >= 0.3 is 0 Å². The van der Waals surface area contributed by atoms with Gasteiger partial charge in [-0.05, 0) is 56.0 Å². The van der Waals surface area contributed by atoms with Gasteiger partial charge in [0.1, 0.15) is 11.3 Å². The molecule has 2 aromatic carbocycles. The van der Waals surface area contributed by atoms with E-state index in [2.05, 4.69) is 11.4 Å². The van der Waals surface area contributed by atoms with Crippen molar-refractivity contribution in [1.29, 1.82) is 0 Å². The SMILES string of the molecule is COc1cc(C(=O)N(Cc2cc3ccccc3o2)C(CC2CCCCC2)C2CCCN2)cc(OC)c1OC. The molecule has 2 atom stereocenters. The molecule has 1 aliphatic carbocycles. The minimum absolute atomic E-state index is 0.0559. The van der Waals surface area contributed by atoms with Crippen LogP contribution in [0.25, 0.3) is 11.0 Å². The number of carbonyl (C=O) groups is 1. The third kappa shape index (κ3) is 5.63. The molecule has 2 aliphatic rings. The first-order valence-electron chi connectivity index (χ1n) is 13.9. The lowest BCUT2D eigenvalue weighted by atomic mass is 9.82. The van der Waals surface area contributed by atoms with Gasteiger partial charge in [0.2, 0.25) is 5.75 Å². The number of nitrogens with one attached hydrogen (secondary N) is 1. The minimum atomic E-state index is -0.0563. The Kier molecular flexibility index (Phi) is 8.42. The van der Waals surface area contributed by atoms with Crippen molar-refractivity contribution < 1.29 is 23.4 Å². The maximum atomic E-state index is 14.4. The number of methoxy groups -OCH3 is 3. The van der Waals surface area contributed by atoms with Crippen LogP contribution in [-0.4, -0.2) is 50.8 Å². The number of benzene rings is 2. The smallest absolute Gasteiger partial charge is 0.254 e. The molecule has 2 unspecified atom stereocenters. The maximum absolute atomic E-state index is 14.4. The van der Waals surface area contributed by atoms with Crippen LogP contribution in [0.1, 0.15) is 67.5 Å². The van der Waals surface area contributed by atoms with Crippen LogP contribution in [0.4, 0.5) is 0 Å². The summed E-state index contributed by atoms with van der Waals surface area (Å²) in [6.45, 7) is 1.39. The van der Waals surface area contributed by atoms with E-state index in [4.69, 9.17) is 18.6 Å². The van der Waals surface area contributed by atoms with Crippen molar-refractivity contribution >= 4 is 16.9 Å². The topological polar surface area (TPSA) is 73.2 Å². The van der Waals surface area contributed by atoms with E-state index >= 15 is 0 Å². The second kappa shape index (κ2) is 12.1. The predicted octanol–water partition coefficient (Wildman–Crippen LogP) is 6.19. The normalized spacial score (nSPS) is 18.9. The van der Waals surface area contributed by atoms with Gasteiger partial charge in [-0.15, -0.1) is 0 Å². The van der Waals surface area contributed by atoms with Crippen LogP contribution < -0.4 is 19.5 Å². The molecule has 204 valence electrons. The fourth-order valence-electron chi connectivity index (χ4n) is 6.31. The highest BCUT2D eigenvalue weighted by Gasteiger charge is 2.36. The largest absolute Gasteiger partial charge is 0.493 e. The number of fused-ring (bicyclic) bond motifs is 1. The van der Waals surface area contributed by atoms with Crippen molar-refractivity contribution in [3.8, 4) is 17.2 Å². The molecule has 1 saturated carbocycles. The highest BCUT2D eigenvalue weighted by atomic mass is 16.5. The summed E-state index contributed by atoms with van der Waals surface area (Å²) in [5, 5.41) is 4.76. The monoisotopic (exact) mass is 520 g/mol. The molecule has 0 spiro atoms. The lowest BCUT2D eigenvalue weighted by Crippen LogP contribution is -2.51. The van der Waals surface area contributed by atoms with Gasteiger partial charge in [0.25, 0.3) is 5.91 Å². The number of ether oxygens (including phenoxy) is 3. The van der Waals surface area contributed by atoms with E-state index in [1.807, 2.05) is 29.2 Å². The molecule has 0 bridgehead atoms. The Labute approximate surface area is 225 Å². The summed E-state index contributed by atoms with van der Waals surface area (Å²) in [6, 6.07) is 13.9. The van der Waals surface area contributed by atoms with E-state index in [1.165, 1.54) is 32.1 Å². The van der Waals surface area contributed by atoms with Crippen LogP contribution in [0.15, 0.2) is 46.9 Å². The number of hydrogen-bond acceptors (Lipinski definition) is 6. The Morgan fingerprint density at radius 2 is 1.71 bits per heavy atom. The first-order chi connectivity index (χ1) is 18.6. The molecule has 2 heterocycles. The molecule has 7 nitrogen and oxygen atoms in total. The fourth-order valence-corrected chi connectivity index (χ4v) is 6.31. The summed E-state index contributed by atoms with van der Waals surface area (Å²) >= 11 is 0. The molecule has 38 heavy (non-hydrogen) atoms. The van der Waals surface area contributed by atoms with Crippen molar-refractivity contribution in [3.63, 3.8) is 0 Å². The van der Waals surface area contributed by atoms with Crippen molar-refractivity contribution in [2.45, 2.75) is 70.0 Å². The van der Waals surface area contributed by atoms with Crippen molar-refractivity contribution in [3.05, 3.63) is 53.8 Å². The van der Waals surface area contributed by atoms with E-state index < -0.39 is 0 Å². The number of carbonyl (C=O) groups excluding carboxylic acids is 1. The van der Waals surface area contributed by atoms with Gasteiger partial charge in [-0.3, -0.25) is 4.79 Å². The zero-order valence-corrected chi connectivity index (χ0v) is 22.8. The number of hydrogen-bond donors (Lipinski definition) is 1. The number of para-hydroxylation sites is 1. The molecule has 2 fully saturated rings. The number of amides is 1. The van der Waals surface area contributed by atoms with Crippen LogP contribution in [0.2, 0.25) is 0 Å². The van der Waals surface area contributed by atoms with Gasteiger partial charge in [0.05, 0.1) is 27.9 Å². The predicted molar refractivity (Wildman–Crippen MR) is 148 cm³/mol. The van der Waals surface area contributed by atoms with E-state index in [0.717, 1.165) is 42.5 Å². The molecule has 0 radical (unpaired) electrons. The lowest BCUT2D eigenvalue weighted by molar-refractivity contribution is 0.0552. The number of rotatable bonds is 10. The van der Waals surface area contributed by atoms with Crippen molar-refractivity contribution in [2.75, 3.05) is 27.9 Å². The molecule has 1 aliphatic heterocycles. The zero-order chi connectivity index (χ0) is 26.5. The molecule has 3 aromatic rings. The van der Waals surface area contributed by atoms with Crippen LogP contribution in [0, 0.1) is 5.92 Å². The number of nitrogens with zero attached hydrogens (tertiary/aromatic N) is 1. The Morgan fingerprint density at radius 3 is 2.34 bits per heavy atom. The Morgan fingerprint density at radius 1 is 0.974 bits per heavy atom. The third-order valence-corrected chi connectivity index (χ3v) is 8.24. The molecular weight excluding hydrogens is 480 g/mol. The van der Waals surface area contributed by atoms with Gasteiger partial charge < -0.3 is 28.8 Å². The van der Waals surface area contributed by atoms with Crippen molar-refractivity contribution in [2.24, 2.45) is 5.92 Å². The van der Waals surface area contributed by atoms with E-state index in [0.29, 0.717) is 35.3 Å². The Bertz CT molecular complexity index is 1170. The fraction of sp³-hybridized carbons (Fsp3) is 0.516. The van der Waals surface area contributed by atoms with E-state index in [-0.39, 0.29) is 18.0 Å². The van der Waals surface area contributed by atoms with Crippen LogP contribution >= 0.6 is 0 Å². The first-order valence-corrected chi connectivity index (χ1v) is 13.9. The maximum Gasteiger partial charge on any atom is 0.254 e. The summed E-state index contributed by atoms with van der Waals surface area (Å²) in [5.74, 6) is 2.79. The zero-order valence-electron chi connectivity index (χ0n) is 22.8. The summed E-state index contributed by atoms with van der Waals surface area (Å²) in [7, 11) is 4.72. The summed E-state index contributed by atoms with van der Waals surface area (Å²) < 4.78 is 22.9. The molecule has 1 saturated heterocycles. The first kappa shape index (κ1) is 26.4. The van der Waals surface area contributed by atoms with Crippen LogP contribution in [-0.2, 0) is 6.54 Å². The Hall–Kier alpha value is -3.19. The minimum Gasteiger partial charge on any atom is -0.493 e. The van der Waals surface area contributed by atoms with Crippen molar-refractivity contribution in [1.82, 2.24) is 10.2 Å². The molecule has 7 heteroatoms. The molecular formula is C31H40N2O5. The van der Waals surface area contributed by atoms with Gasteiger partial charge in [0, 0.05) is 23.0 Å². The summed E-state index contributed by atoms with van der Waals surface area (Å²) in [5.41, 5.74) is 1.35. The second-order valence-corrected chi connectivity index (χ2v) is 10.6. The summed E-state index contributed by atoms with van der Waals surface area (Å²) in [4.78, 5) is 16.5. The highest BCUT2D eigenvalue weighted by Crippen LogP contribution is 2.39. The van der Waals surface area contributed by atoms with Crippen LogP contribution in [0.3, 0.4) is 0 Å². The second-order valence-electron chi connectivity index (χ2n) is 10.6. The highest BCUT2D eigenvalue weighted by molar-refractivity contribution is 5.96. The Balaban J connectivity index is 1.55. The van der Waals surface area contributed by atoms with Gasteiger partial charge in [0.15, 0.2) is 11.5 Å². The average Bonchev–Trinajstić information content (AvgIpc) is 3.64. The molecule has 1 amide bonds.